The molecule has 1 nitrogen and oxygen atoms in total. The molecule has 0 saturated carbocycles. The highest BCUT2D eigenvalue weighted by molar-refractivity contribution is 7.98. The highest BCUT2D eigenvalue weighted by Gasteiger charge is 2.18. The fourth-order valence-electron chi connectivity index (χ4n) is 2.38. The van der Waals surface area contributed by atoms with Gasteiger partial charge in [-0.2, -0.15) is 11.8 Å². The zero-order chi connectivity index (χ0) is 14.1. The zero-order valence-electron chi connectivity index (χ0n) is 10.9. The van der Waals surface area contributed by atoms with Crippen molar-refractivity contribution in [2.75, 3.05) is 5.75 Å². The van der Waals surface area contributed by atoms with Crippen LogP contribution in [0.25, 0.3) is 0 Å². The van der Waals surface area contributed by atoms with Crippen LogP contribution in [0.1, 0.15) is 26.9 Å². The molecular formula is C15H15ClFNS2. The number of nitrogens with two attached hydrogens (primary N) is 1. The summed E-state index contributed by atoms with van der Waals surface area (Å²) in [6.07, 6.45) is 1.64. The smallest absolute Gasteiger partial charge is 0.127 e. The summed E-state index contributed by atoms with van der Waals surface area (Å²) in [5.74, 6) is 1.99. The fraction of sp³-hybridized carbons (Fsp3) is 0.333. The number of thiophene rings is 1. The first-order valence-corrected chi connectivity index (χ1v) is 8.87. The third-order valence-electron chi connectivity index (χ3n) is 3.47. The monoisotopic (exact) mass is 327 g/mol. The van der Waals surface area contributed by atoms with Crippen LogP contribution in [0.4, 0.5) is 4.39 Å². The second kappa shape index (κ2) is 6.06. The fourth-order valence-corrected chi connectivity index (χ4v) is 4.91. The predicted molar refractivity (Wildman–Crippen MR) is 86.2 cm³/mol. The molecule has 0 saturated heterocycles. The summed E-state index contributed by atoms with van der Waals surface area (Å²) < 4.78 is 13.8. The molecule has 1 aromatic heterocycles. The van der Waals surface area contributed by atoms with E-state index < -0.39 is 0 Å². The Hall–Kier alpha value is -0.550. The molecule has 0 radical (unpaired) electrons. The highest BCUT2D eigenvalue weighted by Crippen LogP contribution is 2.35. The number of benzene rings is 1. The van der Waals surface area contributed by atoms with Crippen molar-refractivity contribution in [2.45, 2.75) is 24.6 Å². The normalized spacial score (nSPS) is 15.9. The van der Waals surface area contributed by atoms with Crippen LogP contribution >= 0.6 is 34.7 Å². The molecule has 2 aromatic rings. The van der Waals surface area contributed by atoms with E-state index in [0.29, 0.717) is 17.0 Å². The molecule has 1 aliphatic heterocycles. The first kappa shape index (κ1) is 14.4. The van der Waals surface area contributed by atoms with E-state index in [2.05, 4.69) is 6.07 Å². The molecule has 2 heterocycles. The lowest BCUT2D eigenvalue weighted by Crippen LogP contribution is -2.12. The van der Waals surface area contributed by atoms with Crippen molar-refractivity contribution in [1.82, 2.24) is 0 Å². The lowest BCUT2D eigenvalue weighted by atomic mass is 10.0. The van der Waals surface area contributed by atoms with E-state index in [0.717, 1.165) is 17.1 Å². The number of fused-ring (bicyclic) bond motifs is 1. The summed E-state index contributed by atoms with van der Waals surface area (Å²) in [4.78, 5) is 2.61. The van der Waals surface area contributed by atoms with Crippen molar-refractivity contribution in [3.05, 3.63) is 56.0 Å². The summed E-state index contributed by atoms with van der Waals surface area (Å²) in [5.41, 5.74) is 8.29. The van der Waals surface area contributed by atoms with Crippen molar-refractivity contribution in [2.24, 2.45) is 5.73 Å². The molecule has 0 fully saturated rings. The van der Waals surface area contributed by atoms with Crippen LogP contribution in [0, 0.1) is 5.82 Å². The van der Waals surface area contributed by atoms with Crippen LogP contribution in [-0.4, -0.2) is 5.75 Å². The summed E-state index contributed by atoms with van der Waals surface area (Å²) in [6, 6.07) is 6.83. The van der Waals surface area contributed by atoms with Crippen LogP contribution in [0.3, 0.4) is 0 Å². The third-order valence-corrected chi connectivity index (χ3v) is 6.08. The van der Waals surface area contributed by atoms with E-state index in [1.54, 1.807) is 23.5 Å². The van der Waals surface area contributed by atoms with E-state index >= 15 is 0 Å². The maximum atomic E-state index is 13.8. The molecule has 0 spiro atoms. The van der Waals surface area contributed by atoms with Crippen molar-refractivity contribution in [3.63, 3.8) is 0 Å². The van der Waals surface area contributed by atoms with Gasteiger partial charge in [0.1, 0.15) is 5.82 Å². The summed E-state index contributed by atoms with van der Waals surface area (Å²) in [5, 5.41) is 0.420. The van der Waals surface area contributed by atoms with Crippen molar-refractivity contribution >= 4 is 34.7 Å². The molecule has 3 rings (SSSR count). The van der Waals surface area contributed by atoms with Gasteiger partial charge < -0.3 is 5.73 Å². The van der Waals surface area contributed by atoms with Crippen LogP contribution in [0.5, 0.6) is 0 Å². The molecule has 1 aliphatic rings. The average Bonchev–Trinajstić information content (AvgIpc) is 2.86. The minimum Gasteiger partial charge on any atom is -0.323 e. The molecule has 20 heavy (non-hydrogen) atoms. The second-order valence-corrected chi connectivity index (χ2v) is 7.66. The summed E-state index contributed by atoms with van der Waals surface area (Å²) >= 11 is 9.51. The largest absolute Gasteiger partial charge is 0.323 e. The van der Waals surface area contributed by atoms with Crippen LogP contribution < -0.4 is 5.73 Å². The van der Waals surface area contributed by atoms with Gasteiger partial charge in [-0.15, -0.1) is 11.3 Å². The van der Waals surface area contributed by atoms with Gasteiger partial charge in [-0.25, -0.2) is 4.39 Å². The molecule has 0 bridgehead atoms. The number of aryl methyl sites for hydroxylation is 1. The first-order chi connectivity index (χ1) is 9.63. The van der Waals surface area contributed by atoms with Gasteiger partial charge in [0, 0.05) is 26.6 Å². The van der Waals surface area contributed by atoms with E-state index in [1.165, 1.54) is 22.3 Å². The lowest BCUT2D eigenvalue weighted by molar-refractivity contribution is 0.595. The summed E-state index contributed by atoms with van der Waals surface area (Å²) in [6.45, 7) is 0. The molecule has 106 valence electrons. The van der Waals surface area contributed by atoms with E-state index in [-0.39, 0.29) is 11.9 Å². The number of halogens is 2. The van der Waals surface area contributed by atoms with E-state index in [4.69, 9.17) is 17.3 Å². The number of rotatable bonds is 3. The first-order valence-electron chi connectivity index (χ1n) is 6.52. The van der Waals surface area contributed by atoms with Crippen LogP contribution in [0.2, 0.25) is 5.02 Å². The van der Waals surface area contributed by atoms with Gasteiger partial charge in [0.25, 0.3) is 0 Å². The molecule has 1 atom stereocenters. The van der Waals surface area contributed by atoms with Gasteiger partial charge in [0.2, 0.25) is 0 Å². The standard InChI is InChI=1S/C15H15ClFNS2/c16-11-2-1-9(12(17)7-11)5-13(18)15-6-10-8-19-4-3-14(10)20-15/h1-2,6-7,13H,3-5,8,18H2. The van der Waals surface area contributed by atoms with Gasteiger partial charge in [-0.1, -0.05) is 17.7 Å². The minimum absolute atomic E-state index is 0.147. The Morgan fingerprint density at radius 3 is 2.95 bits per heavy atom. The van der Waals surface area contributed by atoms with Crippen molar-refractivity contribution < 1.29 is 4.39 Å². The number of hydrogen-bond donors (Lipinski definition) is 1. The van der Waals surface area contributed by atoms with Gasteiger partial charge in [0.05, 0.1) is 0 Å². The summed E-state index contributed by atoms with van der Waals surface area (Å²) in [7, 11) is 0. The average molecular weight is 328 g/mol. The predicted octanol–water partition coefficient (Wildman–Crippen LogP) is 4.57. The second-order valence-electron chi connectivity index (χ2n) is 4.95. The maximum absolute atomic E-state index is 13.8. The number of thioether (sulfide) groups is 1. The topological polar surface area (TPSA) is 26.0 Å². The van der Waals surface area contributed by atoms with E-state index in [9.17, 15) is 4.39 Å². The van der Waals surface area contributed by atoms with Crippen molar-refractivity contribution in [3.8, 4) is 0 Å². The lowest BCUT2D eigenvalue weighted by Gasteiger charge is -2.10. The Balaban J connectivity index is 1.78. The SMILES string of the molecule is NC(Cc1ccc(Cl)cc1F)c1cc2c(s1)CCSC2. The van der Waals surface area contributed by atoms with Crippen LogP contribution in [-0.2, 0) is 18.6 Å². The van der Waals surface area contributed by atoms with Gasteiger partial charge in [0.15, 0.2) is 0 Å². The van der Waals surface area contributed by atoms with Gasteiger partial charge >= 0.3 is 0 Å². The third kappa shape index (κ3) is 3.03. The Morgan fingerprint density at radius 2 is 2.20 bits per heavy atom. The van der Waals surface area contributed by atoms with Crippen LogP contribution in [0.15, 0.2) is 24.3 Å². The van der Waals surface area contributed by atoms with Gasteiger partial charge in [-0.05, 0) is 47.9 Å². The quantitative estimate of drug-likeness (QED) is 0.893. The Bertz CT molecular complexity index is 603. The highest BCUT2D eigenvalue weighted by atomic mass is 35.5. The number of hydrogen-bond acceptors (Lipinski definition) is 3. The van der Waals surface area contributed by atoms with E-state index in [1.807, 2.05) is 11.8 Å². The molecule has 1 unspecified atom stereocenters. The molecule has 0 aliphatic carbocycles. The molecular weight excluding hydrogens is 313 g/mol. The molecule has 1 aromatic carbocycles. The minimum atomic E-state index is -0.273. The Labute approximate surface area is 131 Å². The molecule has 0 amide bonds. The maximum Gasteiger partial charge on any atom is 0.127 e. The molecule has 5 heteroatoms. The van der Waals surface area contributed by atoms with Crippen molar-refractivity contribution in [1.29, 1.82) is 0 Å². The zero-order valence-corrected chi connectivity index (χ0v) is 13.3. The molecule has 2 N–H and O–H groups in total. The Morgan fingerprint density at radius 1 is 1.35 bits per heavy atom. The Kier molecular flexibility index (Phi) is 4.36. The van der Waals surface area contributed by atoms with Gasteiger partial charge in [-0.3, -0.25) is 0 Å².